The maximum Gasteiger partial charge on any atom is 0.325 e. The normalized spacial score (nSPS) is 28.4. The highest BCUT2D eigenvalue weighted by atomic mass is 35.5. The lowest BCUT2D eigenvalue weighted by atomic mass is 9.87. The van der Waals surface area contributed by atoms with E-state index in [-0.39, 0.29) is 30.4 Å². The lowest BCUT2D eigenvalue weighted by Crippen LogP contribution is -2.52. The zero-order valence-corrected chi connectivity index (χ0v) is 16.8. The minimum Gasteiger partial charge on any atom is -0.336 e. The number of hydrogen-bond acceptors (Lipinski definition) is 3. The molecule has 3 atom stereocenters. The van der Waals surface area contributed by atoms with Crippen molar-refractivity contribution in [2.24, 2.45) is 0 Å². The van der Waals surface area contributed by atoms with Crippen molar-refractivity contribution in [3.05, 3.63) is 34.9 Å². The molecule has 0 bridgehead atoms. The van der Waals surface area contributed by atoms with Gasteiger partial charge in [-0.3, -0.25) is 14.5 Å². The Labute approximate surface area is 164 Å². The van der Waals surface area contributed by atoms with Crippen LogP contribution in [-0.4, -0.2) is 46.3 Å². The summed E-state index contributed by atoms with van der Waals surface area (Å²) >= 11 is 5.95. The van der Waals surface area contributed by atoms with E-state index < -0.39 is 11.6 Å². The van der Waals surface area contributed by atoms with Gasteiger partial charge in [0.1, 0.15) is 12.1 Å². The molecule has 1 N–H and O–H groups in total. The molecule has 0 spiro atoms. The van der Waals surface area contributed by atoms with Gasteiger partial charge in [-0.25, -0.2) is 4.79 Å². The molecule has 146 valence electrons. The summed E-state index contributed by atoms with van der Waals surface area (Å²) in [5.41, 5.74) is -0.483. The van der Waals surface area contributed by atoms with Crippen LogP contribution in [0, 0.1) is 0 Å². The molecule has 6 nitrogen and oxygen atoms in total. The molecule has 0 unspecified atom stereocenters. The summed E-state index contributed by atoms with van der Waals surface area (Å²) in [7, 11) is 0. The van der Waals surface area contributed by atoms with Crippen LogP contribution < -0.4 is 5.32 Å². The van der Waals surface area contributed by atoms with Gasteiger partial charge in [0.25, 0.3) is 5.91 Å². The topological polar surface area (TPSA) is 69.7 Å². The second-order valence-corrected chi connectivity index (χ2v) is 7.95. The predicted octanol–water partition coefficient (Wildman–Crippen LogP) is 3.29. The van der Waals surface area contributed by atoms with Crippen LogP contribution in [-0.2, 0) is 15.1 Å². The molecule has 7 heteroatoms. The van der Waals surface area contributed by atoms with Gasteiger partial charge in [0.15, 0.2) is 0 Å². The first-order valence-corrected chi connectivity index (χ1v) is 9.89. The fourth-order valence-corrected chi connectivity index (χ4v) is 4.40. The summed E-state index contributed by atoms with van der Waals surface area (Å²) in [6.07, 6.45) is 3.37. The molecule has 0 aliphatic carbocycles. The quantitative estimate of drug-likeness (QED) is 0.800. The smallest absolute Gasteiger partial charge is 0.325 e. The third kappa shape index (κ3) is 3.43. The monoisotopic (exact) mass is 391 g/mol. The Morgan fingerprint density at radius 1 is 1.19 bits per heavy atom. The second-order valence-electron chi connectivity index (χ2n) is 7.52. The van der Waals surface area contributed by atoms with Gasteiger partial charge in [-0.15, -0.1) is 0 Å². The zero-order chi connectivity index (χ0) is 19.8. The van der Waals surface area contributed by atoms with Gasteiger partial charge in [-0.1, -0.05) is 30.7 Å². The van der Waals surface area contributed by atoms with Crippen LogP contribution in [0.3, 0.4) is 0 Å². The number of rotatable bonds is 4. The maximum absolute atomic E-state index is 13.2. The van der Waals surface area contributed by atoms with E-state index in [0.717, 1.165) is 24.2 Å². The fourth-order valence-electron chi connectivity index (χ4n) is 4.27. The summed E-state index contributed by atoms with van der Waals surface area (Å²) in [5, 5.41) is 3.36. The molecular formula is C20H26ClN3O3. The predicted molar refractivity (Wildman–Crippen MR) is 103 cm³/mol. The van der Waals surface area contributed by atoms with E-state index >= 15 is 0 Å². The number of urea groups is 1. The van der Waals surface area contributed by atoms with Crippen LogP contribution in [0.2, 0.25) is 5.02 Å². The molecule has 1 aromatic rings. The van der Waals surface area contributed by atoms with Crippen LogP contribution in [0.1, 0.15) is 52.0 Å². The fraction of sp³-hybridized carbons (Fsp3) is 0.550. The highest BCUT2D eigenvalue weighted by molar-refractivity contribution is 6.30. The number of carbonyl (C=O) groups is 3. The molecule has 2 heterocycles. The van der Waals surface area contributed by atoms with Gasteiger partial charge >= 0.3 is 6.03 Å². The van der Waals surface area contributed by atoms with E-state index in [9.17, 15) is 14.4 Å². The van der Waals surface area contributed by atoms with Crippen molar-refractivity contribution in [1.29, 1.82) is 0 Å². The highest BCUT2D eigenvalue weighted by Crippen LogP contribution is 2.33. The molecule has 2 aliphatic heterocycles. The lowest BCUT2D eigenvalue weighted by Gasteiger charge is -2.39. The van der Waals surface area contributed by atoms with E-state index in [1.807, 2.05) is 25.7 Å². The molecule has 2 aliphatic rings. The van der Waals surface area contributed by atoms with Gasteiger partial charge < -0.3 is 10.2 Å². The van der Waals surface area contributed by atoms with Crippen LogP contribution in [0.25, 0.3) is 0 Å². The standard InChI is InChI=1S/C20H26ClN3O3/c1-4-20(15-8-10-16(21)11-9-15)18(26)23(19(27)22-20)12-17(25)24-13(2)6-5-7-14(24)3/h8-11,13-14H,4-7,12H2,1-3H3,(H,22,27)/t13-,14-,20-/m0/s1. The lowest BCUT2D eigenvalue weighted by molar-refractivity contribution is -0.143. The first-order chi connectivity index (χ1) is 12.8. The Kier molecular flexibility index (Phi) is 5.47. The van der Waals surface area contributed by atoms with E-state index in [0.29, 0.717) is 17.0 Å². The molecule has 4 amide bonds. The number of likely N-dealkylation sites (tertiary alicyclic amines) is 1. The molecule has 0 aromatic heterocycles. The van der Waals surface area contributed by atoms with Gasteiger partial charge in [0.05, 0.1) is 0 Å². The number of halogens is 1. The Morgan fingerprint density at radius 2 is 1.78 bits per heavy atom. The summed E-state index contributed by atoms with van der Waals surface area (Å²) < 4.78 is 0. The zero-order valence-electron chi connectivity index (χ0n) is 16.0. The number of nitrogens with one attached hydrogen (secondary N) is 1. The number of hydrogen-bond donors (Lipinski definition) is 1. The van der Waals surface area contributed by atoms with Crippen LogP contribution in [0.4, 0.5) is 4.79 Å². The van der Waals surface area contributed by atoms with Crippen molar-refractivity contribution in [3.8, 4) is 0 Å². The van der Waals surface area contributed by atoms with Gasteiger partial charge in [-0.05, 0) is 57.2 Å². The first-order valence-electron chi connectivity index (χ1n) is 9.51. The third-order valence-corrected chi connectivity index (χ3v) is 6.07. The Morgan fingerprint density at radius 3 is 2.33 bits per heavy atom. The largest absolute Gasteiger partial charge is 0.336 e. The van der Waals surface area contributed by atoms with Crippen LogP contribution >= 0.6 is 11.6 Å². The van der Waals surface area contributed by atoms with Gasteiger partial charge in [0.2, 0.25) is 5.91 Å². The number of imide groups is 1. The van der Waals surface area contributed by atoms with E-state index in [1.54, 1.807) is 24.3 Å². The minimum absolute atomic E-state index is 0.120. The van der Waals surface area contributed by atoms with Crippen LogP contribution in [0.15, 0.2) is 24.3 Å². The summed E-state index contributed by atoms with van der Waals surface area (Å²) in [4.78, 5) is 41.5. The molecule has 27 heavy (non-hydrogen) atoms. The Bertz CT molecular complexity index is 741. The van der Waals surface area contributed by atoms with Crippen molar-refractivity contribution in [3.63, 3.8) is 0 Å². The molecule has 2 fully saturated rings. The van der Waals surface area contributed by atoms with E-state index in [4.69, 9.17) is 11.6 Å². The van der Waals surface area contributed by atoms with Crippen molar-refractivity contribution in [2.75, 3.05) is 6.54 Å². The molecular weight excluding hydrogens is 366 g/mol. The van der Waals surface area contributed by atoms with Crippen LogP contribution in [0.5, 0.6) is 0 Å². The molecule has 1 aromatic carbocycles. The first kappa shape index (κ1) is 19.7. The minimum atomic E-state index is -1.15. The number of benzene rings is 1. The number of amides is 4. The average molecular weight is 392 g/mol. The van der Waals surface area contributed by atoms with Gasteiger partial charge in [-0.2, -0.15) is 0 Å². The average Bonchev–Trinajstić information content (AvgIpc) is 2.87. The Balaban J connectivity index is 1.83. The summed E-state index contributed by atoms with van der Waals surface area (Å²) in [6, 6.07) is 6.58. The number of carbonyl (C=O) groups excluding carboxylic acids is 3. The maximum atomic E-state index is 13.2. The molecule has 0 radical (unpaired) electrons. The number of piperidine rings is 1. The van der Waals surface area contributed by atoms with Crippen molar-refractivity contribution in [1.82, 2.24) is 15.1 Å². The van der Waals surface area contributed by atoms with E-state index in [1.165, 1.54) is 0 Å². The summed E-state index contributed by atoms with van der Waals surface area (Å²) in [6.45, 7) is 5.65. The van der Waals surface area contributed by atoms with Crippen molar-refractivity contribution < 1.29 is 14.4 Å². The van der Waals surface area contributed by atoms with Crippen molar-refractivity contribution in [2.45, 2.75) is 64.1 Å². The third-order valence-electron chi connectivity index (χ3n) is 5.82. The Hall–Kier alpha value is -2.08. The van der Waals surface area contributed by atoms with E-state index in [2.05, 4.69) is 5.32 Å². The summed E-state index contributed by atoms with van der Waals surface area (Å²) in [5.74, 6) is -0.566. The van der Waals surface area contributed by atoms with Gasteiger partial charge in [0, 0.05) is 17.1 Å². The van der Waals surface area contributed by atoms with Crippen molar-refractivity contribution >= 4 is 29.4 Å². The highest BCUT2D eigenvalue weighted by Gasteiger charge is 2.52. The molecule has 0 saturated carbocycles. The number of nitrogens with zero attached hydrogens (tertiary/aromatic N) is 2. The molecule has 3 rings (SSSR count). The molecule has 2 saturated heterocycles. The SMILES string of the molecule is CC[C@@]1(c2ccc(Cl)cc2)NC(=O)N(CC(=O)N2[C@@H](C)CCC[C@@H]2C)C1=O. The second kappa shape index (κ2) is 7.50.